The van der Waals surface area contributed by atoms with Crippen molar-refractivity contribution in [3.8, 4) is 0 Å². The zero-order chi connectivity index (χ0) is 18.4. The molecule has 0 aliphatic rings. The van der Waals surface area contributed by atoms with Gasteiger partial charge in [-0.05, 0) is 55.5 Å². The number of anilines is 2. The second-order valence-electron chi connectivity index (χ2n) is 6.29. The summed E-state index contributed by atoms with van der Waals surface area (Å²) in [4.78, 5) is 12.4. The van der Waals surface area contributed by atoms with Crippen molar-refractivity contribution in [3.05, 3.63) is 70.9 Å². The molecule has 0 fully saturated rings. The number of H-pyrrole nitrogens is 1. The van der Waals surface area contributed by atoms with Gasteiger partial charge in [-0.3, -0.25) is 4.79 Å². The van der Waals surface area contributed by atoms with Gasteiger partial charge >= 0.3 is 0 Å². The van der Waals surface area contributed by atoms with E-state index in [2.05, 4.69) is 45.1 Å². The van der Waals surface area contributed by atoms with Gasteiger partial charge in [0, 0.05) is 12.2 Å². The summed E-state index contributed by atoms with van der Waals surface area (Å²) >= 11 is 0. The van der Waals surface area contributed by atoms with Crippen LogP contribution in [0.4, 0.5) is 11.5 Å². The van der Waals surface area contributed by atoms with Crippen LogP contribution >= 0.6 is 0 Å². The maximum absolute atomic E-state index is 12.4. The summed E-state index contributed by atoms with van der Waals surface area (Å²) in [5.74, 6) is 0.187. The summed E-state index contributed by atoms with van der Waals surface area (Å²) in [7, 11) is 0. The Kier molecular flexibility index (Phi) is 5.63. The summed E-state index contributed by atoms with van der Waals surface area (Å²) in [6.07, 6.45) is 1.79. The van der Waals surface area contributed by atoms with Crippen LogP contribution in [0.3, 0.4) is 0 Å². The second kappa shape index (κ2) is 8.29. The number of amides is 1. The zero-order valence-electron chi connectivity index (χ0n) is 15.0. The van der Waals surface area contributed by atoms with Crippen molar-refractivity contribution in [2.75, 3.05) is 11.9 Å². The molecule has 6 heteroatoms. The Hall–Kier alpha value is -3.15. The normalized spacial score (nSPS) is 10.5. The van der Waals surface area contributed by atoms with Crippen LogP contribution in [0.2, 0.25) is 0 Å². The van der Waals surface area contributed by atoms with Crippen molar-refractivity contribution >= 4 is 17.4 Å². The third-order valence-electron chi connectivity index (χ3n) is 4.30. The fraction of sp³-hybridized carbons (Fsp3) is 0.250. The van der Waals surface area contributed by atoms with E-state index < -0.39 is 0 Å². The molecule has 1 heterocycles. The number of hydrogen-bond acceptors (Lipinski definition) is 4. The molecule has 2 aromatic carbocycles. The van der Waals surface area contributed by atoms with Gasteiger partial charge in [-0.1, -0.05) is 36.4 Å². The highest BCUT2D eigenvalue weighted by molar-refractivity contribution is 5.97. The van der Waals surface area contributed by atoms with Crippen molar-refractivity contribution in [3.63, 3.8) is 0 Å². The molecule has 0 atom stereocenters. The number of aryl methyl sites for hydroxylation is 3. The van der Waals surface area contributed by atoms with Gasteiger partial charge in [-0.2, -0.15) is 5.21 Å². The molecular weight excluding hydrogens is 326 g/mol. The van der Waals surface area contributed by atoms with Gasteiger partial charge in [0.05, 0.1) is 0 Å². The lowest BCUT2D eigenvalue weighted by Gasteiger charge is -2.08. The van der Waals surface area contributed by atoms with Gasteiger partial charge in [0.15, 0.2) is 11.5 Å². The summed E-state index contributed by atoms with van der Waals surface area (Å²) in [6.45, 7) is 4.69. The number of nitrogens with zero attached hydrogens (tertiary/aromatic N) is 2. The first-order valence-corrected chi connectivity index (χ1v) is 8.70. The van der Waals surface area contributed by atoms with E-state index in [4.69, 9.17) is 0 Å². The number of rotatable bonds is 7. The van der Waals surface area contributed by atoms with E-state index in [1.165, 1.54) is 16.7 Å². The molecule has 26 heavy (non-hydrogen) atoms. The smallest absolute Gasteiger partial charge is 0.275 e. The van der Waals surface area contributed by atoms with Gasteiger partial charge in [0.1, 0.15) is 0 Å². The number of benzene rings is 2. The SMILES string of the molecule is Cc1ccc(Nc2n[nH]nc2C(=O)NCCCc2ccccc2)cc1C. The average Bonchev–Trinajstić information content (AvgIpc) is 3.11. The molecule has 0 radical (unpaired) electrons. The lowest BCUT2D eigenvalue weighted by atomic mass is 10.1. The van der Waals surface area contributed by atoms with Gasteiger partial charge < -0.3 is 10.6 Å². The molecule has 3 aromatic rings. The van der Waals surface area contributed by atoms with Gasteiger partial charge in [-0.25, -0.2) is 0 Å². The number of hydrogen-bond donors (Lipinski definition) is 3. The predicted molar refractivity (Wildman–Crippen MR) is 103 cm³/mol. The van der Waals surface area contributed by atoms with Crippen LogP contribution in [0.1, 0.15) is 33.6 Å². The van der Waals surface area contributed by atoms with Crippen molar-refractivity contribution in [2.24, 2.45) is 0 Å². The van der Waals surface area contributed by atoms with E-state index in [1.807, 2.05) is 43.3 Å². The Morgan fingerprint density at radius 3 is 2.62 bits per heavy atom. The van der Waals surface area contributed by atoms with E-state index in [0.717, 1.165) is 18.5 Å². The molecule has 3 rings (SSSR count). The standard InChI is InChI=1S/C20H23N5O/c1-14-10-11-17(13-15(14)2)22-19-18(23-25-24-19)20(26)21-12-6-9-16-7-4-3-5-8-16/h3-5,7-8,10-11,13H,6,9,12H2,1-2H3,(H,21,26)(H2,22,23,24,25). The van der Waals surface area contributed by atoms with Crippen molar-refractivity contribution in [2.45, 2.75) is 26.7 Å². The molecule has 0 unspecified atom stereocenters. The lowest BCUT2D eigenvalue weighted by Crippen LogP contribution is -2.25. The molecule has 0 saturated heterocycles. The Bertz CT molecular complexity index is 873. The zero-order valence-corrected chi connectivity index (χ0v) is 15.0. The fourth-order valence-electron chi connectivity index (χ4n) is 2.66. The minimum absolute atomic E-state index is 0.238. The molecule has 134 valence electrons. The largest absolute Gasteiger partial charge is 0.351 e. The van der Waals surface area contributed by atoms with Gasteiger partial charge in [-0.15, -0.1) is 10.2 Å². The van der Waals surface area contributed by atoms with Crippen molar-refractivity contribution < 1.29 is 4.79 Å². The maximum Gasteiger partial charge on any atom is 0.275 e. The first kappa shape index (κ1) is 17.7. The van der Waals surface area contributed by atoms with Gasteiger partial charge in [0.2, 0.25) is 0 Å². The van der Waals surface area contributed by atoms with Crippen LogP contribution in [-0.4, -0.2) is 27.9 Å². The summed E-state index contributed by atoms with van der Waals surface area (Å²) in [6, 6.07) is 16.2. The summed E-state index contributed by atoms with van der Waals surface area (Å²) < 4.78 is 0. The quantitative estimate of drug-likeness (QED) is 0.570. The van der Waals surface area contributed by atoms with Crippen LogP contribution in [0.5, 0.6) is 0 Å². The van der Waals surface area contributed by atoms with E-state index in [1.54, 1.807) is 0 Å². The van der Waals surface area contributed by atoms with E-state index in [-0.39, 0.29) is 11.6 Å². The van der Waals surface area contributed by atoms with Crippen LogP contribution < -0.4 is 10.6 Å². The molecule has 0 spiro atoms. The molecule has 3 N–H and O–H groups in total. The van der Waals surface area contributed by atoms with E-state index in [9.17, 15) is 4.79 Å². The van der Waals surface area contributed by atoms with E-state index >= 15 is 0 Å². The minimum atomic E-state index is -0.238. The number of carbonyl (C=O) groups excluding carboxylic acids is 1. The Labute approximate surface area is 153 Å². The fourth-order valence-corrected chi connectivity index (χ4v) is 2.66. The number of carbonyl (C=O) groups is 1. The van der Waals surface area contributed by atoms with E-state index in [0.29, 0.717) is 12.4 Å². The molecule has 6 nitrogen and oxygen atoms in total. The topological polar surface area (TPSA) is 82.7 Å². The molecule has 0 aliphatic carbocycles. The van der Waals surface area contributed by atoms with Crippen LogP contribution in [0.15, 0.2) is 48.5 Å². The number of nitrogens with one attached hydrogen (secondary N) is 3. The second-order valence-corrected chi connectivity index (χ2v) is 6.29. The Morgan fingerprint density at radius 2 is 1.85 bits per heavy atom. The summed E-state index contributed by atoms with van der Waals surface area (Å²) in [5.41, 5.74) is 4.79. The molecule has 0 bridgehead atoms. The average molecular weight is 349 g/mol. The highest BCUT2D eigenvalue weighted by atomic mass is 16.2. The first-order chi connectivity index (χ1) is 12.6. The molecular formula is C20H23N5O. The van der Waals surface area contributed by atoms with Crippen LogP contribution in [-0.2, 0) is 6.42 Å². The lowest BCUT2D eigenvalue weighted by molar-refractivity contribution is 0.0949. The van der Waals surface area contributed by atoms with Crippen molar-refractivity contribution in [1.82, 2.24) is 20.7 Å². The highest BCUT2D eigenvalue weighted by Crippen LogP contribution is 2.19. The first-order valence-electron chi connectivity index (χ1n) is 8.70. The van der Waals surface area contributed by atoms with Crippen LogP contribution in [0.25, 0.3) is 0 Å². The van der Waals surface area contributed by atoms with Crippen molar-refractivity contribution in [1.29, 1.82) is 0 Å². The third-order valence-corrected chi connectivity index (χ3v) is 4.30. The molecule has 0 saturated carbocycles. The van der Waals surface area contributed by atoms with Gasteiger partial charge in [0.25, 0.3) is 5.91 Å². The number of aromatic amines is 1. The minimum Gasteiger partial charge on any atom is -0.351 e. The molecule has 0 aliphatic heterocycles. The monoisotopic (exact) mass is 349 g/mol. The molecule has 1 amide bonds. The highest BCUT2D eigenvalue weighted by Gasteiger charge is 2.16. The number of aromatic nitrogens is 3. The molecule has 1 aromatic heterocycles. The maximum atomic E-state index is 12.4. The Morgan fingerprint density at radius 1 is 1.04 bits per heavy atom. The summed E-state index contributed by atoms with van der Waals surface area (Å²) in [5, 5.41) is 16.6. The third kappa shape index (κ3) is 4.47. The van der Waals surface area contributed by atoms with Crippen LogP contribution in [0, 0.1) is 13.8 Å². The Balaban J connectivity index is 1.55. The predicted octanol–water partition coefficient (Wildman–Crippen LogP) is 3.53.